The Morgan fingerprint density at radius 3 is 3.00 bits per heavy atom. The zero-order valence-electron chi connectivity index (χ0n) is 8.58. The van der Waals surface area contributed by atoms with E-state index in [9.17, 15) is 4.79 Å². The van der Waals surface area contributed by atoms with Gasteiger partial charge in [-0.25, -0.2) is 4.79 Å². The van der Waals surface area contributed by atoms with Crippen LogP contribution in [0.5, 0.6) is 0 Å². The molecule has 1 rings (SSSR count). The minimum absolute atomic E-state index is 0.293. The molecule has 0 unspecified atom stereocenters. The summed E-state index contributed by atoms with van der Waals surface area (Å²) in [7, 11) is 0. The van der Waals surface area contributed by atoms with Crippen molar-refractivity contribution in [2.45, 2.75) is 13.3 Å². The minimum Gasteiger partial charge on any atom is -0.478 e. The van der Waals surface area contributed by atoms with E-state index in [1.807, 2.05) is 6.07 Å². The van der Waals surface area contributed by atoms with Crippen molar-refractivity contribution in [1.82, 2.24) is 0 Å². The SMILES string of the molecule is CC#CCCNc1cccc(C(=O)O)c1. The van der Waals surface area contributed by atoms with Crippen LogP contribution >= 0.6 is 0 Å². The van der Waals surface area contributed by atoms with E-state index >= 15 is 0 Å². The number of rotatable bonds is 4. The number of carboxylic acid groups (broad SMARTS) is 1. The van der Waals surface area contributed by atoms with Crippen molar-refractivity contribution in [2.75, 3.05) is 11.9 Å². The van der Waals surface area contributed by atoms with Gasteiger partial charge in [-0.15, -0.1) is 11.8 Å². The van der Waals surface area contributed by atoms with Crippen LogP contribution < -0.4 is 5.32 Å². The predicted octanol–water partition coefficient (Wildman–Crippen LogP) is 2.21. The van der Waals surface area contributed by atoms with Crippen LogP contribution in [-0.4, -0.2) is 17.6 Å². The third kappa shape index (κ3) is 3.74. The zero-order chi connectivity index (χ0) is 11.1. The lowest BCUT2D eigenvalue weighted by Gasteiger charge is -2.04. The van der Waals surface area contributed by atoms with Crippen molar-refractivity contribution in [3.05, 3.63) is 29.8 Å². The topological polar surface area (TPSA) is 49.3 Å². The Balaban J connectivity index is 2.56. The number of hydrogen-bond donors (Lipinski definition) is 2. The zero-order valence-corrected chi connectivity index (χ0v) is 8.58. The van der Waals surface area contributed by atoms with Crippen molar-refractivity contribution < 1.29 is 9.90 Å². The summed E-state index contributed by atoms with van der Waals surface area (Å²) in [6.45, 7) is 2.52. The fraction of sp³-hybridized carbons (Fsp3) is 0.250. The second kappa shape index (κ2) is 5.71. The predicted molar refractivity (Wildman–Crippen MR) is 60.0 cm³/mol. The van der Waals surface area contributed by atoms with E-state index in [1.54, 1.807) is 25.1 Å². The second-order valence-electron chi connectivity index (χ2n) is 2.99. The Morgan fingerprint density at radius 2 is 2.33 bits per heavy atom. The highest BCUT2D eigenvalue weighted by Gasteiger charge is 2.01. The van der Waals surface area contributed by atoms with Gasteiger partial charge in [-0.3, -0.25) is 0 Å². The summed E-state index contributed by atoms with van der Waals surface area (Å²) in [5.41, 5.74) is 1.11. The molecule has 0 saturated heterocycles. The molecular formula is C12H13NO2. The summed E-state index contributed by atoms with van der Waals surface area (Å²) in [4.78, 5) is 10.7. The third-order valence-electron chi connectivity index (χ3n) is 1.87. The lowest BCUT2D eigenvalue weighted by molar-refractivity contribution is 0.0697. The monoisotopic (exact) mass is 203 g/mol. The van der Waals surface area contributed by atoms with E-state index in [0.29, 0.717) is 5.56 Å². The molecular weight excluding hydrogens is 190 g/mol. The second-order valence-corrected chi connectivity index (χ2v) is 2.99. The Morgan fingerprint density at radius 1 is 1.53 bits per heavy atom. The summed E-state index contributed by atoms with van der Waals surface area (Å²) in [6, 6.07) is 6.74. The first kappa shape index (κ1) is 11.1. The van der Waals surface area contributed by atoms with E-state index in [-0.39, 0.29) is 0 Å². The van der Waals surface area contributed by atoms with Crippen LogP contribution in [-0.2, 0) is 0 Å². The van der Waals surface area contributed by atoms with Gasteiger partial charge in [0.15, 0.2) is 0 Å². The number of benzene rings is 1. The Bertz CT molecular complexity index is 402. The molecule has 0 saturated carbocycles. The standard InChI is InChI=1S/C12H13NO2/c1-2-3-4-8-13-11-7-5-6-10(9-11)12(14)15/h5-7,9,13H,4,8H2,1H3,(H,14,15). The Hall–Kier alpha value is -1.95. The van der Waals surface area contributed by atoms with Crippen LogP contribution in [0.25, 0.3) is 0 Å². The maximum Gasteiger partial charge on any atom is 0.335 e. The van der Waals surface area contributed by atoms with Crippen molar-refractivity contribution in [3.63, 3.8) is 0 Å². The van der Waals surface area contributed by atoms with Crippen LogP contribution in [0.3, 0.4) is 0 Å². The van der Waals surface area contributed by atoms with Gasteiger partial charge in [-0.2, -0.15) is 0 Å². The van der Waals surface area contributed by atoms with E-state index in [4.69, 9.17) is 5.11 Å². The van der Waals surface area contributed by atoms with Crippen LogP contribution in [0.15, 0.2) is 24.3 Å². The molecule has 0 aromatic heterocycles. The van der Waals surface area contributed by atoms with Gasteiger partial charge in [0.05, 0.1) is 5.56 Å². The van der Waals surface area contributed by atoms with Gasteiger partial charge >= 0.3 is 5.97 Å². The average Bonchev–Trinajstić information content (AvgIpc) is 2.25. The van der Waals surface area contributed by atoms with Crippen molar-refractivity contribution in [3.8, 4) is 11.8 Å². The maximum atomic E-state index is 10.7. The summed E-state index contributed by atoms with van der Waals surface area (Å²) < 4.78 is 0. The average molecular weight is 203 g/mol. The quantitative estimate of drug-likeness (QED) is 0.582. The molecule has 0 heterocycles. The number of carbonyl (C=O) groups is 1. The van der Waals surface area contributed by atoms with E-state index in [2.05, 4.69) is 17.2 Å². The van der Waals surface area contributed by atoms with Gasteiger partial charge in [-0.1, -0.05) is 6.07 Å². The smallest absolute Gasteiger partial charge is 0.335 e. The molecule has 15 heavy (non-hydrogen) atoms. The van der Waals surface area contributed by atoms with E-state index in [0.717, 1.165) is 18.7 Å². The molecule has 1 aromatic rings. The van der Waals surface area contributed by atoms with Gasteiger partial charge in [-0.05, 0) is 25.1 Å². The Kier molecular flexibility index (Phi) is 4.24. The fourth-order valence-corrected chi connectivity index (χ4v) is 1.16. The number of carboxylic acids is 1. The number of aromatic carboxylic acids is 1. The molecule has 0 spiro atoms. The molecule has 0 amide bonds. The van der Waals surface area contributed by atoms with Crippen LogP contribution in [0.1, 0.15) is 23.7 Å². The van der Waals surface area contributed by atoms with Crippen LogP contribution in [0.4, 0.5) is 5.69 Å². The molecule has 3 nitrogen and oxygen atoms in total. The summed E-state index contributed by atoms with van der Waals surface area (Å²) in [5.74, 6) is 4.82. The van der Waals surface area contributed by atoms with Crippen molar-refractivity contribution in [1.29, 1.82) is 0 Å². The molecule has 0 fully saturated rings. The number of nitrogens with one attached hydrogen (secondary N) is 1. The van der Waals surface area contributed by atoms with E-state index < -0.39 is 5.97 Å². The van der Waals surface area contributed by atoms with Gasteiger partial charge in [0.1, 0.15) is 0 Å². The lowest BCUT2D eigenvalue weighted by atomic mass is 10.2. The fourth-order valence-electron chi connectivity index (χ4n) is 1.16. The first-order chi connectivity index (χ1) is 7.24. The molecule has 2 N–H and O–H groups in total. The highest BCUT2D eigenvalue weighted by atomic mass is 16.4. The van der Waals surface area contributed by atoms with Gasteiger partial charge < -0.3 is 10.4 Å². The first-order valence-corrected chi connectivity index (χ1v) is 4.71. The highest BCUT2D eigenvalue weighted by Crippen LogP contribution is 2.10. The molecule has 0 atom stereocenters. The maximum absolute atomic E-state index is 10.7. The Labute approximate surface area is 89.1 Å². The number of anilines is 1. The molecule has 1 aromatic carbocycles. The van der Waals surface area contributed by atoms with Crippen molar-refractivity contribution in [2.24, 2.45) is 0 Å². The molecule has 0 radical (unpaired) electrons. The summed E-state index contributed by atoms with van der Waals surface area (Å²) >= 11 is 0. The molecule has 0 aliphatic carbocycles. The lowest BCUT2D eigenvalue weighted by Crippen LogP contribution is -2.02. The molecule has 0 bridgehead atoms. The van der Waals surface area contributed by atoms with E-state index in [1.165, 1.54) is 0 Å². The third-order valence-corrected chi connectivity index (χ3v) is 1.87. The number of hydrogen-bond acceptors (Lipinski definition) is 2. The van der Waals surface area contributed by atoms with Crippen molar-refractivity contribution >= 4 is 11.7 Å². The van der Waals surface area contributed by atoms with Crippen LogP contribution in [0.2, 0.25) is 0 Å². The molecule has 0 aliphatic heterocycles. The minimum atomic E-state index is -0.910. The highest BCUT2D eigenvalue weighted by molar-refractivity contribution is 5.88. The van der Waals surface area contributed by atoms with Gasteiger partial charge in [0.25, 0.3) is 0 Å². The summed E-state index contributed by atoms with van der Waals surface area (Å²) in [6.07, 6.45) is 0.758. The van der Waals surface area contributed by atoms with Gasteiger partial charge in [0.2, 0.25) is 0 Å². The summed E-state index contributed by atoms with van der Waals surface area (Å²) in [5, 5.41) is 11.9. The molecule has 0 aliphatic rings. The molecule has 78 valence electrons. The first-order valence-electron chi connectivity index (χ1n) is 4.71. The largest absolute Gasteiger partial charge is 0.478 e. The molecule has 3 heteroatoms. The van der Waals surface area contributed by atoms with Gasteiger partial charge in [0, 0.05) is 18.7 Å². The van der Waals surface area contributed by atoms with Crippen LogP contribution in [0, 0.1) is 11.8 Å². The normalized spacial score (nSPS) is 8.87.